The van der Waals surface area contributed by atoms with E-state index in [1.165, 1.54) is 0 Å². The van der Waals surface area contributed by atoms with Crippen LogP contribution in [0.2, 0.25) is 0 Å². The van der Waals surface area contributed by atoms with Crippen LogP contribution in [0.4, 0.5) is 5.69 Å². The Kier molecular flexibility index (Phi) is 3.82. The minimum absolute atomic E-state index is 0.00453. The summed E-state index contributed by atoms with van der Waals surface area (Å²) in [6, 6.07) is 7.04. The predicted molar refractivity (Wildman–Crippen MR) is 69.0 cm³/mol. The highest BCUT2D eigenvalue weighted by Crippen LogP contribution is 2.18. The third-order valence-electron chi connectivity index (χ3n) is 2.75. The Hall–Kier alpha value is -2.04. The second-order valence-corrected chi connectivity index (χ2v) is 4.47. The van der Waals surface area contributed by atoms with E-state index in [4.69, 9.17) is 5.73 Å². The Morgan fingerprint density at radius 2 is 1.89 bits per heavy atom. The van der Waals surface area contributed by atoms with Crippen molar-refractivity contribution in [3.63, 3.8) is 0 Å². The van der Waals surface area contributed by atoms with Crippen LogP contribution in [0, 0.1) is 0 Å². The highest BCUT2D eigenvalue weighted by molar-refractivity contribution is 5.94. The number of benzene rings is 1. The fourth-order valence-corrected chi connectivity index (χ4v) is 1.55. The molecular formula is C13H17N3O2. The van der Waals surface area contributed by atoms with Gasteiger partial charge >= 0.3 is 0 Å². The van der Waals surface area contributed by atoms with E-state index in [2.05, 4.69) is 10.6 Å². The molecule has 1 aliphatic carbocycles. The van der Waals surface area contributed by atoms with Gasteiger partial charge in [0.1, 0.15) is 0 Å². The van der Waals surface area contributed by atoms with Gasteiger partial charge in [0.05, 0.1) is 0 Å². The number of nitrogen functional groups attached to an aromatic ring is 1. The highest BCUT2D eigenvalue weighted by atomic mass is 16.2. The highest BCUT2D eigenvalue weighted by Gasteiger charge is 2.22. The molecule has 1 aromatic carbocycles. The maximum atomic E-state index is 11.7. The molecule has 0 radical (unpaired) electrons. The summed E-state index contributed by atoms with van der Waals surface area (Å²) in [6.45, 7) is 0.349. The van der Waals surface area contributed by atoms with E-state index < -0.39 is 0 Å². The van der Waals surface area contributed by atoms with Gasteiger partial charge in [-0.25, -0.2) is 0 Å². The van der Waals surface area contributed by atoms with Crippen molar-refractivity contribution >= 4 is 17.5 Å². The standard InChI is InChI=1S/C13H17N3O2/c14-10-3-1-9(2-4-10)13(18)15-8-7-12(17)16-11-5-6-11/h1-4,11H,5-8,14H2,(H,15,18)(H,16,17). The number of hydrogen-bond acceptors (Lipinski definition) is 3. The summed E-state index contributed by atoms with van der Waals surface area (Å²) in [5, 5.41) is 5.57. The average Bonchev–Trinajstić information content (AvgIpc) is 3.13. The Labute approximate surface area is 106 Å². The number of carbonyl (C=O) groups is 2. The maximum absolute atomic E-state index is 11.7. The molecule has 1 saturated carbocycles. The topological polar surface area (TPSA) is 84.2 Å². The molecule has 0 heterocycles. The summed E-state index contributed by atoms with van der Waals surface area (Å²) in [5.41, 5.74) is 6.70. The van der Waals surface area contributed by atoms with Crippen molar-refractivity contribution in [3.05, 3.63) is 29.8 Å². The molecule has 0 unspecified atom stereocenters. The lowest BCUT2D eigenvalue weighted by Crippen LogP contribution is -2.31. The lowest BCUT2D eigenvalue weighted by molar-refractivity contribution is -0.121. The minimum Gasteiger partial charge on any atom is -0.399 e. The number of rotatable bonds is 5. The summed E-state index contributed by atoms with van der Waals surface area (Å²) >= 11 is 0. The normalized spacial score (nSPS) is 14.0. The fraction of sp³-hybridized carbons (Fsp3) is 0.385. The molecule has 18 heavy (non-hydrogen) atoms. The molecule has 0 aliphatic heterocycles. The van der Waals surface area contributed by atoms with Gasteiger partial charge < -0.3 is 16.4 Å². The molecule has 5 nitrogen and oxygen atoms in total. The van der Waals surface area contributed by atoms with Gasteiger partial charge in [0, 0.05) is 30.3 Å². The zero-order valence-corrected chi connectivity index (χ0v) is 10.1. The first kappa shape index (κ1) is 12.4. The Morgan fingerprint density at radius 3 is 2.50 bits per heavy atom. The average molecular weight is 247 g/mol. The first-order valence-corrected chi connectivity index (χ1v) is 6.08. The van der Waals surface area contributed by atoms with Crippen LogP contribution >= 0.6 is 0 Å². The molecule has 0 atom stereocenters. The second-order valence-electron chi connectivity index (χ2n) is 4.47. The van der Waals surface area contributed by atoms with Crippen molar-refractivity contribution in [1.82, 2.24) is 10.6 Å². The van der Waals surface area contributed by atoms with Gasteiger partial charge in [-0.2, -0.15) is 0 Å². The molecule has 1 fully saturated rings. The Balaban J connectivity index is 1.70. The van der Waals surface area contributed by atoms with Crippen molar-refractivity contribution < 1.29 is 9.59 Å². The molecule has 2 rings (SSSR count). The van der Waals surface area contributed by atoms with Gasteiger partial charge in [-0.3, -0.25) is 9.59 Å². The van der Waals surface area contributed by atoms with E-state index in [-0.39, 0.29) is 11.8 Å². The van der Waals surface area contributed by atoms with Gasteiger partial charge in [0.25, 0.3) is 5.91 Å². The molecule has 5 heteroatoms. The van der Waals surface area contributed by atoms with Crippen LogP contribution in [-0.4, -0.2) is 24.4 Å². The van der Waals surface area contributed by atoms with Crippen molar-refractivity contribution in [2.24, 2.45) is 0 Å². The smallest absolute Gasteiger partial charge is 0.251 e. The Bertz CT molecular complexity index is 438. The lowest BCUT2D eigenvalue weighted by atomic mass is 10.2. The quantitative estimate of drug-likeness (QED) is 0.668. The Morgan fingerprint density at radius 1 is 1.22 bits per heavy atom. The maximum Gasteiger partial charge on any atom is 0.251 e. The molecule has 0 saturated heterocycles. The van der Waals surface area contributed by atoms with E-state index in [0.717, 1.165) is 12.8 Å². The third kappa shape index (κ3) is 3.76. The number of amides is 2. The molecule has 1 aliphatic rings. The molecule has 0 aromatic heterocycles. The van der Waals surface area contributed by atoms with Crippen LogP contribution in [0.3, 0.4) is 0 Å². The second kappa shape index (κ2) is 5.53. The van der Waals surface area contributed by atoms with Crippen LogP contribution in [0.15, 0.2) is 24.3 Å². The first-order valence-electron chi connectivity index (χ1n) is 6.08. The van der Waals surface area contributed by atoms with Crippen LogP contribution in [0.1, 0.15) is 29.6 Å². The van der Waals surface area contributed by atoms with E-state index in [1.807, 2.05) is 0 Å². The van der Waals surface area contributed by atoms with Gasteiger partial charge in [-0.15, -0.1) is 0 Å². The monoisotopic (exact) mass is 247 g/mol. The zero-order chi connectivity index (χ0) is 13.0. The zero-order valence-electron chi connectivity index (χ0n) is 10.1. The summed E-state index contributed by atoms with van der Waals surface area (Å²) < 4.78 is 0. The molecule has 2 amide bonds. The molecule has 1 aromatic rings. The summed E-state index contributed by atoms with van der Waals surface area (Å²) in [6.07, 6.45) is 2.46. The molecule has 4 N–H and O–H groups in total. The third-order valence-corrected chi connectivity index (χ3v) is 2.75. The predicted octanol–water partition coefficient (Wildman–Crippen LogP) is 0.667. The SMILES string of the molecule is Nc1ccc(C(=O)NCCC(=O)NC2CC2)cc1. The summed E-state index contributed by atoms with van der Waals surface area (Å²) in [4.78, 5) is 23.1. The van der Waals surface area contributed by atoms with Crippen LogP contribution < -0.4 is 16.4 Å². The van der Waals surface area contributed by atoms with Gasteiger partial charge in [0.2, 0.25) is 5.91 Å². The number of carbonyl (C=O) groups excluding carboxylic acids is 2. The van der Waals surface area contributed by atoms with E-state index in [9.17, 15) is 9.59 Å². The van der Waals surface area contributed by atoms with E-state index >= 15 is 0 Å². The van der Waals surface area contributed by atoms with Crippen LogP contribution in [-0.2, 0) is 4.79 Å². The molecular weight excluding hydrogens is 230 g/mol. The number of anilines is 1. The van der Waals surface area contributed by atoms with Crippen molar-refractivity contribution in [1.29, 1.82) is 0 Å². The number of nitrogens with two attached hydrogens (primary N) is 1. The van der Waals surface area contributed by atoms with Gasteiger partial charge in [-0.05, 0) is 37.1 Å². The van der Waals surface area contributed by atoms with Crippen molar-refractivity contribution in [3.8, 4) is 0 Å². The molecule has 0 bridgehead atoms. The van der Waals surface area contributed by atoms with Gasteiger partial charge in [-0.1, -0.05) is 0 Å². The summed E-state index contributed by atoms with van der Waals surface area (Å²) in [5.74, 6) is -0.190. The van der Waals surface area contributed by atoms with E-state index in [0.29, 0.717) is 30.3 Å². The van der Waals surface area contributed by atoms with Crippen molar-refractivity contribution in [2.75, 3.05) is 12.3 Å². The van der Waals surface area contributed by atoms with E-state index in [1.54, 1.807) is 24.3 Å². The lowest BCUT2D eigenvalue weighted by Gasteiger charge is -2.06. The molecule has 96 valence electrons. The minimum atomic E-state index is -0.186. The summed E-state index contributed by atoms with van der Waals surface area (Å²) in [7, 11) is 0. The van der Waals surface area contributed by atoms with Gasteiger partial charge in [0.15, 0.2) is 0 Å². The largest absolute Gasteiger partial charge is 0.399 e. The van der Waals surface area contributed by atoms with Crippen LogP contribution in [0.5, 0.6) is 0 Å². The van der Waals surface area contributed by atoms with Crippen LogP contribution in [0.25, 0.3) is 0 Å². The fourth-order valence-electron chi connectivity index (χ4n) is 1.55. The van der Waals surface area contributed by atoms with Crippen molar-refractivity contribution in [2.45, 2.75) is 25.3 Å². The number of hydrogen-bond donors (Lipinski definition) is 3. The molecule has 0 spiro atoms. The number of nitrogens with one attached hydrogen (secondary N) is 2. The first-order chi connectivity index (χ1) is 8.65.